The molecule has 0 saturated carbocycles. The van der Waals surface area contributed by atoms with Crippen molar-refractivity contribution < 1.29 is 18.0 Å². The maximum absolute atomic E-state index is 13.5. The van der Waals surface area contributed by atoms with Crippen LogP contribution in [-0.4, -0.2) is 12.5 Å². The summed E-state index contributed by atoms with van der Waals surface area (Å²) in [4.78, 5) is 11.6. The number of hydrogen-bond donors (Lipinski definition) is 2. The van der Waals surface area contributed by atoms with E-state index < -0.39 is 23.4 Å². The molecule has 2 aromatic rings. The maximum atomic E-state index is 13.5. The summed E-state index contributed by atoms with van der Waals surface area (Å²) in [5.41, 5.74) is 0.148. The van der Waals surface area contributed by atoms with E-state index in [1.54, 1.807) is 6.07 Å². The number of anilines is 2. The summed E-state index contributed by atoms with van der Waals surface area (Å²) in [5.74, 6) is -2.66. The molecule has 0 spiro atoms. The van der Waals surface area contributed by atoms with E-state index >= 15 is 0 Å². The highest BCUT2D eigenvalue weighted by atomic mass is 79.9. The van der Waals surface area contributed by atoms with Gasteiger partial charge in [0.2, 0.25) is 5.91 Å². The van der Waals surface area contributed by atoms with E-state index in [1.165, 1.54) is 12.1 Å². The van der Waals surface area contributed by atoms with Crippen molar-refractivity contribution in [3.05, 3.63) is 58.3 Å². The fourth-order valence-electron chi connectivity index (χ4n) is 1.64. The number of hydrogen-bond acceptors (Lipinski definition) is 2. The average Bonchev–Trinajstić information content (AvgIpc) is 2.36. The second-order valence-corrected chi connectivity index (χ2v) is 5.10. The molecule has 0 bridgehead atoms. The van der Waals surface area contributed by atoms with Gasteiger partial charge in [0.15, 0.2) is 0 Å². The molecule has 2 aromatic carbocycles. The molecular formula is C14H10BrF3N2O. The predicted molar refractivity (Wildman–Crippen MR) is 77.6 cm³/mol. The fourth-order valence-corrected chi connectivity index (χ4v) is 1.97. The summed E-state index contributed by atoms with van der Waals surface area (Å²) < 4.78 is 40.0. The molecule has 0 heterocycles. The van der Waals surface area contributed by atoms with Crippen LogP contribution in [0.5, 0.6) is 0 Å². The van der Waals surface area contributed by atoms with Gasteiger partial charge in [0.1, 0.15) is 17.5 Å². The number of carbonyl (C=O) groups excluding carboxylic acids is 1. The van der Waals surface area contributed by atoms with E-state index in [0.717, 1.165) is 12.1 Å². The lowest BCUT2D eigenvalue weighted by Gasteiger charge is -2.09. The lowest BCUT2D eigenvalue weighted by molar-refractivity contribution is -0.114. The number of benzene rings is 2. The lowest BCUT2D eigenvalue weighted by Crippen LogP contribution is -2.22. The van der Waals surface area contributed by atoms with E-state index in [2.05, 4.69) is 26.6 Å². The van der Waals surface area contributed by atoms with Gasteiger partial charge in [0.05, 0.1) is 12.2 Å². The van der Waals surface area contributed by atoms with Crippen molar-refractivity contribution >= 4 is 33.2 Å². The molecule has 0 aliphatic heterocycles. The number of nitrogens with one attached hydrogen (secondary N) is 2. The van der Waals surface area contributed by atoms with Gasteiger partial charge in [-0.25, -0.2) is 13.2 Å². The minimum atomic E-state index is -0.794. The van der Waals surface area contributed by atoms with Crippen LogP contribution in [0.3, 0.4) is 0 Å². The van der Waals surface area contributed by atoms with Gasteiger partial charge in [-0.3, -0.25) is 4.79 Å². The van der Waals surface area contributed by atoms with Gasteiger partial charge in [-0.05, 0) is 30.3 Å². The number of carbonyl (C=O) groups is 1. The highest BCUT2D eigenvalue weighted by Crippen LogP contribution is 2.19. The van der Waals surface area contributed by atoms with Crippen LogP contribution in [0.1, 0.15) is 0 Å². The zero-order chi connectivity index (χ0) is 15.4. The monoisotopic (exact) mass is 358 g/mol. The Morgan fingerprint density at radius 1 is 1.05 bits per heavy atom. The van der Waals surface area contributed by atoms with Crippen molar-refractivity contribution in [2.75, 3.05) is 17.2 Å². The van der Waals surface area contributed by atoms with E-state index in [0.29, 0.717) is 10.5 Å². The van der Waals surface area contributed by atoms with E-state index in [1.807, 2.05) is 0 Å². The van der Waals surface area contributed by atoms with Crippen molar-refractivity contribution in [2.24, 2.45) is 0 Å². The van der Waals surface area contributed by atoms with E-state index in [-0.39, 0.29) is 17.9 Å². The number of amides is 1. The zero-order valence-electron chi connectivity index (χ0n) is 10.6. The predicted octanol–water partition coefficient (Wildman–Crippen LogP) is 3.92. The topological polar surface area (TPSA) is 41.1 Å². The van der Waals surface area contributed by atoms with Gasteiger partial charge >= 0.3 is 0 Å². The smallest absolute Gasteiger partial charge is 0.243 e. The molecule has 7 heteroatoms. The summed E-state index contributed by atoms with van der Waals surface area (Å²) in [6.45, 7) is -0.239. The van der Waals surface area contributed by atoms with Crippen LogP contribution in [0.4, 0.5) is 24.5 Å². The molecule has 0 atom stereocenters. The van der Waals surface area contributed by atoms with Crippen LogP contribution in [0.25, 0.3) is 0 Å². The molecule has 2 N–H and O–H groups in total. The van der Waals surface area contributed by atoms with Crippen LogP contribution < -0.4 is 10.6 Å². The zero-order valence-corrected chi connectivity index (χ0v) is 12.2. The first-order chi connectivity index (χ1) is 9.94. The van der Waals surface area contributed by atoms with Gasteiger partial charge in [0, 0.05) is 16.2 Å². The van der Waals surface area contributed by atoms with Crippen molar-refractivity contribution in [3.8, 4) is 0 Å². The van der Waals surface area contributed by atoms with Gasteiger partial charge < -0.3 is 10.6 Å². The summed E-state index contributed by atoms with van der Waals surface area (Å²) in [6.07, 6.45) is 0. The SMILES string of the molecule is O=C(CNc1ccc(Br)cc1F)Nc1cc(F)cc(F)c1. The molecule has 1 amide bonds. The Labute approximate surface area is 127 Å². The first-order valence-corrected chi connectivity index (χ1v) is 6.68. The minimum absolute atomic E-state index is 0.00409. The fraction of sp³-hybridized carbons (Fsp3) is 0.0714. The Kier molecular flexibility index (Phi) is 4.85. The Bertz CT molecular complexity index is 659. The first-order valence-electron chi connectivity index (χ1n) is 5.89. The molecule has 0 radical (unpaired) electrons. The molecule has 0 aliphatic rings. The molecule has 0 saturated heterocycles. The summed E-state index contributed by atoms with van der Waals surface area (Å²) >= 11 is 3.12. The Hall–Kier alpha value is -2.02. The van der Waals surface area contributed by atoms with Gasteiger partial charge in [-0.15, -0.1) is 0 Å². The second-order valence-electron chi connectivity index (χ2n) is 4.18. The molecule has 21 heavy (non-hydrogen) atoms. The van der Waals surface area contributed by atoms with Crippen molar-refractivity contribution in [1.82, 2.24) is 0 Å². The Balaban J connectivity index is 1.95. The Morgan fingerprint density at radius 3 is 2.33 bits per heavy atom. The van der Waals surface area contributed by atoms with E-state index in [9.17, 15) is 18.0 Å². The van der Waals surface area contributed by atoms with Crippen LogP contribution >= 0.6 is 15.9 Å². The summed E-state index contributed by atoms with van der Waals surface area (Å²) in [7, 11) is 0. The normalized spacial score (nSPS) is 10.3. The number of halogens is 4. The summed E-state index contributed by atoms with van der Waals surface area (Å²) in [6, 6.07) is 7.01. The third kappa shape index (κ3) is 4.49. The third-order valence-electron chi connectivity index (χ3n) is 2.52. The molecule has 3 nitrogen and oxygen atoms in total. The van der Waals surface area contributed by atoms with Crippen molar-refractivity contribution in [2.45, 2.75) is 0 Å². The highest BCUT2D eigenvalue weighted by molar-refractivity contribution is 9.10. The lowest BCUT2D eigenvalue weighted by atomic mass is 10.3. The molecule has 0 unspecified atom stereocenters. The average molecular weight is 359 g/mol. The van der Waals surface area contributed by atoms with Gasteiger partial charge in [-0.2, -0.15) is 0 Å². The minimum Gasteiger partial charge on any atom is -0.374 e. The van der Waals surface area contributed by atoms with Crippen LogP contribution in [0.15, 0.2) is 40.9 Å². The molecule has 2 rings (SSSR count). The second kappa shape index (κ2) is 6.62. The first kappa shape index (κ1) is 15.4. The standard InChI is InChI=1S/C14H10BrF3N2O/c15-8-1-2-13(12(18)3-8)19-7-14(21)20-11-5-9(16)4-10(17)6-11/h1-6,19H,7H2,(H,20,21). The molecule has 0 aromatic heterocycles. The Morgan fingerprint density at radius 2 is 1.71 bits per heavy atom. The maximum Gasteiger partial charge on any atom is 0.243 e. The van der Waals surface area contributed by atoms with Crippen molar-refractivity contribution in [1.29, 1.82) is 0 Å². The van der Waals surface area contributed by atoms with Crippen LogP contribution in [0, 0.1) is 17.5 Å². The van der Waals surface area contributed by atoms with Crippen LogP contribution in [0.2, 0.25) is 0 Å². The summed E-state index contributed by atoms with van der Waals surface area (Å²) in [5, 5.41) is 4.91. The quantitative estimate of drug-likeness (QED) is 0.869. The molecular weight excluding hydrogens is 349 g/mol. The highest BCUT2D eigenvalue weighted by Gasteiger charge is 2.07. The molecule has 0 fully saturated rings. The third-order valence-corrected chi connectivity index (χ3v) is 3.01. The molecule has 0 aliphatic carbocycles. The van der Waals surface area contributed by atoms with Crippen molar-refractivity contribution in [3.63, 3.8) is 0 Å². The molecule has 110 valence electrons. The van der Waals surface area contributed by atoms with E-state index in [4.69, 9.17) is 0 Å². The van der Waals surface area contributed by atoms with Crippen LogP contribution in [-0.2, 0) is 4.79 Å². The number of rotatable bonds is 4. The van der Waals surface area contributed by atoms with Gasteiger partial charge in [-0.1, -0.05) is 15.9 Å². The van der Waals surface area contributed by atoms with Gasteiger partial charge in [0.25, 0.3) is 0 Å². The largest absolute Gasteiger partial charge is 0.374 e.